The lowest BCUT2D eigenvalue weighted by Crippen LogP contribution is -2.19. The molecule has 0 fully saturated rings. The normalized spacial score (nSPS) is 12.1. The monoisotopic (exact) mass is 679 g/mol. The van der Waals surface area contributed by atoms with Gasteiger partial charge in [-0.1, -0.05) is 12.1 Å². The Morgan fingerprint density at radius 1 is 0.667 bits per heavy atom. The molecular weight excluding hydrogens is 658 g/mol. The van der Waals surface area contributed by atoms with Crippen molar-refractivity contribution in [3.05, 3.63) is 82.9 Å². The fourth-order valence-corrected chi connectivity index (χ4v) is 6.57. The van der Waals surface area contributed by atoms with Crippen molar-refractivity contribution in [2.45, 2.75) is 21.6 Å². The van der Waals surface area contributed by atoms with Crippen LogP contribution in [-0.4, -0.2) is 61.8 Å². The number of anilines is 3. The molecule has 4 aromatic rings. The molecule has 0 aromatic heterocycles. The van der Waals surface area contributed by atoms with Gasteiger partial charge in [0.2, 0.25) is 0 Å². The van der Waals surface area contributed by atoms with E-state index in [1.54, 1.807) is 6.92 Å². The van der Waals surface area contributed by atoms with Gasteiger partial charge in [-0.25, -0.2) is 4.79 Å². The van der Waals surface area contributed by atoms with E-state index >= 15 is 0 Å². The van der Waals surface area contributed by atoms with E-state index < -0.39 is 85.0 Å². The van der Waals surface area contributed by atoms with Gasteiger partial charge in [-0.15, -0.1) is 0 Å². The Kier molecular flexibility index (Phi) is 8.46. The first-order valence-electron chi connectivity index (χ1n) is 12.1. The van der Waals surface area contributed by atoms with E-state index in [-0.39, 0.29) is 28.4 Å². The van der Waals surface area contributed by atoms with Gasteiger partial charge in [0.1, 0.15) is 14.7 Å². The third kappa shape index (κ3) is 6.77. The number of hydrogen-bond donors (Lipinski definition) is 7. The molecule has 45 heavy (non-hydrogen) atoms. The summed E-state index contributed by atoms with van der Waals surface area (Å²) in [6.45, 7) is 1.64. The molecule has 236 valence electrons. The molecule has 0 saturated carbocycles. The van der Waals surface area contributed by atoms with Crippen LogP contribution in [0.5, 0.6) is 0 Å². The third-order valence-electron chi connectivity index (χ3n) is 6.32. The molecule has 4 rings (SSSR count). The molecule has 2 amide bonds. The number of rotatable bonds is 8. The van der Waals surface area contributed by atoms with Gasteiger partial charge >= 0.3 is 5.97 Å². The van der Waals surface area contributed by atoms with E-state index in [0.29, 0.717) is 11.6 Å². The van der Waals surface area contributed by atoms with Gasteiger partial charge in [-0.05, 0) is 61.0 Å². The number of benzene rings is 4. The van der Waals surface area contributed by atoms with Crippen LogP contribution >= 0.6 is 0 Å². The number of carboxylic acid groups (broad SMARTS) is 1. The second-order valence-corrected chi connectivity index (χ2v) is 13.6. The van der Waals surface area contributed by atoms with E-state index in [9.17, 15) is 58.4 Å². The van der Waals surface area contributed by atoms with Crippen LogP contribution in [0.4, 0.5) is 17.1 Å². The van der Waals surface area contributed by atoms with Gasteiger partial charge in [0.15, 0.2) is 0 Å². The zero-order chi connectivity index (χ0) is 33.6. The highest BCUT2D eigenvalue weighted by atomic mass is 32.2. The van der Waals surface area contributed by atoms with E-state index in [4.69, 9.17) is 5.73 Å². The lowest BCUT2D eigenvalue weighted by molar-refractivity contribution is 0.0696. The molecule has 0 heterocycles. The average molecular weight is 680 g/mol. The maximum Gasteiger partial charge on any atom is 0.335 e. The van der Waals surface area contributed by atoms with Crippen molar-refractivity contribution >= 4 is 76.0 Å². The Hall–Kier alpha value is -4.92. The van der Waals surface area contributed by atoms with E-state index in [2.05, 4.69) is 10.6 Å². The number of carboxylic acids is 1. The number of aryl methyl sites for hydroxylation is 1. The van der Waals surface area contributed by atoms with Crippen LogP contribution in [-0.2, 0) is 30.4 Å². The molecule has 0 unspecified atom stereocenters. The quantitative estimate of drug-likeness (QED) is 0.104. The van der Waals surface area contributed by atoms with Crippen LogP contribution in [0.25, 0.3) is 10.8 Å². The number of aromatic carboxylic acids is 1. The standard InChI is InChI=1S/C26H21N3O13S3/c1-12-5-6-15(16(27)9-12)25(31)29-23-20(45(40,41)42)11-19(44(37,38)39)21-17(7-8-18(22(21)23)43(34,35)36)28-24(30)13-3-2-4-14(10-13)26(32)33/h2-11H,27H2,1H3,(H,28,30)(H,29,31)(H,32,33)(H,34,35,36)(H,37,38,39)(H,40,41,42). The lowest BCUT2D eigenvalue weighted by Gasteiger charge is -2.20. The van der Waals surface area contributed by atoms with Gasteiger partial charge in [0, 0.05) is 22.0 Å². The molecule has 16 nitrogen and oxygen atoms in total. The van der Waals surface area contributed by atoms with Crippen LogP contribution in [0.2, 0.25) is 0 Å². The molecule has 0 aliphatic carbocycles. The molecule has 19 heteroatoms. The minimum atomic E-state index is -5.55. The van der Waals surface area contributed by atoms with Crippen molar-refractivity contribution in [2.75, 3.05) is 16.4 Å². The Morgan fingerprint density at radius 3 is 1.82 bits per heavy atom. The van der Waals surface area contributed by atoms with Crippen LogP contribution in [0.15, 0.2) is 75.4 Å². The Bertz CT molecular complexity index is 2280. The molecule has 0 spiro atoms. The summed E-state index contributed by atoms with van der Waals surface area (Å²) in [7, 11) is -16.5. The number of fused-ring (bicyclic) bond motifs is 1. The zero-order valence-corrected chi connectivity index (χ0v) is 25.0. The van der Waals surface area contributed by atoms with Crippen LogP contribution in [0, 0.1) is 6.92 Å². The number of nitrogen functional groups attached to an aromatic ring is 1. The molecule has 4 aromatic carbocycles. The maximum absolute atomic E-state index is 13.3. The van der Waals surface area contributed by atoms with E-state index in [1.807, 2.05) is 0 Å². The second kappa shape index (κ2) is 11.5. The van der Waals surface area contributed by atoms with Crippen LogP contribution in [0.3, 0.4) is 0 Å². The number of amides is 2. The Morgan fingerprint density at radius 2 is 1.27 bits per heavy atom. The minimum Gasteiger partial charge on any atom is -0.478 e. The highest BCUT2D eigenvalue weighted by Crippen LogP contribution is 2.43. The van der Waals surface area contributed by atoms with Crippen LogP contribution in [0.1, 0.15) is 36.6 Å². The first kappa shape index (κ1) is 33.0. The molecule has 0 bridgehead atoms. The van der Waals surface area contributed by atoms with Crippen molar-refractivity contribution < 1.29 is 58.4 Å². The van der Waals surface area contributed by atoms with Crippen molar-refractivity contribution in [1.82, 2.24) is 0 Å². The van der Waals surface area contributed by atoms with Crippen molar-refractivity contribution in [3.8, 4) is 0 Å². The molecular formula is C26H21N3O13S3. The van der Waals surface area contributed by atoms with Gasteiger partial charge in [-0.2, -0.15) is 25.3 Å². The van der Waals surface area contributed by atoms with E-state index in [1.165, 1.54) is 36.4 Å². The number of carbonyl (C=O) groups is 3. The summed E-state index contributed by atoms with van der Waals surface area (Å²) in [6.07, 6.45) is 0. The topological polar surface area (TPSA) is 285 Å². The fraction of sp³-hybridized carbons (Fsp3) is 0.0385. The molecule has 0 aliphatic heterocycles. The number of hydrogen-bond acceptors (Lipinski definition) is 10. The molecule has 0 aliphatic rings. The van der Waals surface area contributed by atoms with Crippen molar-refractivity contribution in [3.63, 3.8) is 0 Å². The predicted octanol–water partition coefficient (Wildman–Crippen LogP) is 2.67. The van der Waals surface area contributed by atoms with Gasteiger partial charge in [0.05, 0.1) is 22.5 Å². The largest absolute Gasteiger partial charge is 0.478 e. The van der Waals surface area contributed by atoms with Crippen molar-refractivity contribution in [1.29, 1.82) is 0 Å². The summed E-state index contributed by atoms with van der Waals surface area (Å²) in [4.78, 5) is 33.7. The highest BCUT2D eigenvalue weighted by molar-refractivity contribution is 7.87. The zero-order valence-electron chi connectivity index (χ0n) is 22.5. The highest BCUT2D eigenvalue weighted by Gasteiger charge is 2.32. The SMILES string of the molecule is Cc1ccc(C(=O)Nc2c(S(=O)(=O)O)cc(S(=O)(=O)O)c3c(NC(=O)c4cccc(C(=O)O)c4)ccc(S(=O)(=O)O)c23)c(N)c1. The first-order valence-corrected chi connectivity index (χ1v) is 16.4. The van der Waals surface area contributed by atoms with E-state index in [0.717, 1.165) is 12.1 Å². The second-order valence-electron chi connectivity index (χ2n) is 9.42. The smallest absolute Gasteiger partial charge is 0.335 e. The Balaban J connectivity index is 2.13. The summed E-state index contributed by atoms with van der Waals surface area (Å²) in [5, 5.41) is 11.5. The number of nitrogens with two attached hydrogens (primary N) is 1. The summed E-state index contributed by atoms with van der Waals surface area (Å²) >= 11 is 0. The summed E-state index contributed by atoms with van der Waals surface area (Å²) in [5.41, 5.74) is 3.82. The lowest BCUT2D eigenvalue weighted by atomic mass is 10.0. The minimum absolute atomic E-state index is 0.119. The summed E-state index contributed by atoms with van der Waals surface area (Å²) in [6, 6.07) is 10.1. The Labute approximate surface area is 254 Å². The number of carbonyl (C=O) groups excluding carboxylic acids is 2. The summed E-state index contributed by atoms with van der Waals surface area (Å²) < 4.78 is 105. The van der Waals surface area contributed by atoms with Gasteiger partial charge in [-0.3, -0.25) is 23.2 Å². The number of nitrogens with one attached hydrogen (secondary N) is 2. The first-order chi connectivity index (χ1) is 20.7. The maximum atomic E-state index is 13.3. The fourth-order valence-electron chi connectivity index (χ4n) is 4.38. The summed E-state index contributed by atoms with van der Waals surface area (Å²) in [5.74, 6) is -3.66. The molecule has 0 saturated heterocycles. The van der Waals surface area contributed by atoms with Crippen LogP contribution < -0.4 is 16.4 Å². The van der Waals surface area contributed by atoms with Gasteiger partial charge < -0.3 is 21.5 Å². The average Bonchev–Trinajstić information content (AvgIpc) is 2.91. The third-order valence-corrected chi connectivity index (χ3v) is 8.97. The molecule has 8 N–H and O–H groups in total. The molecule has 0 radical (unpaired) electrons. The molecule has 0 atom stereocenters. The van der Waals surface area contributed by atoms with Crippen molar-refractivity contribution in [2.24, 2.45) is 0 Å². The predicted molar refractivity (Wildman–Crippen MR) is 158 cm³/mol. The van der Waals surface area contributed by atoms with Gasteiger partial charge in [0.25, 0.3) is 42.2 Å².